The number of rotatable bonds is 5. The van der Waals surface area contributed by atoms with Gasteiger partial charge in [-0.15, -0.1) is 0 Å². The SMILES string of the molecule is O=C(NC1CCCC1)[C@@H]1CCCN(c2cnn(Cc3ccccc3)c(=O)c2)C1. The molecule has 1 atom stereocenters. The van der Waals surface area contributed by atoms with Crippen LogP contribution in [-0.4, -0.2) is 34.8 Å². The van der Waals surface area contributed by atoms with Crippen molar-refractivity contribution in [2.75, 3.05) is 18.0 Å². The van der Waals surface area contributed by atoms with Crippen molar-refractivity contribution in [1.29, 1.82) is 0 Å². The molecule has 28 heavy (non-hydrogen) atoms. The van der Waals surface area contributed by atoms with Gasteiger partial charge in [-0.3, -0.25) is 9.59 Å². The van der Waals surface area contributed by atoms with Crippen molar-refractivity contribution in [3.05, 3.63) is 58.5 Å². The van der Waals surface area contributed by atoms with Crippen molar-refractivity contribution in [3.63, 3.8) is 0 Å². The molecule has 0 radical (unpaired) electrons. The third-order valence-corrected chi connectivity index (χ3v) is 5.89. The van der Waals surface area contributed by atoms with E-state index in [1.807, 2.05) is 30.3 Å². The van der Waals surface area contributed by atoms with Gasteiger partial charge in [0.2, 0.25) is 5.91 Å². The molecular weight excluding hydrogens is 352 g/mol. The predicted molar refractivity (Wildman–Crippen MR) is 109 cm³/mol. The van der Waals surface area contributed by atoms with E-state index in [-0.39, 0.29) is 17.4 Å². The minimum atomic E-state index is -0.112. The molecule has 2 aliphatic rings. The average molecular weight is 380 g/mol. The van der Waals surface area contributed by atoms with Gasteiger partial charge in [0, 0.05) is 25.2 Å². The van der Waals surface area contributed by atoms with Crippen molar-refractivity contribution in [3.8, 4) is 0 Å². The Kier molecular flexibility index (Phi) is 5.74. The molecule has 1 aliphatic carbocycles. The predicted octanol–water partition coefficient (Wildman–Crippen LogP) is 2.57. The van der Waals surface area contributed by atoms with Crippen LogP contribution < -0.4 is 15.8 Å². The molecule has 1 amide bonds. The van der Waals surface area contributed by atoms with E-state index < -0.39 is 0 Å². The number of hydrogen-bond acceptors (Lipinski definition) is 4. The Balaban J connectivity index is 1.41. The third-order valence-electron chi connectivity index (χ3n) is 5.89. The van der Waals surface area contributed by atoms with E-state index in [1.54, 1.807) is 12.3 Å². The first-order chi connectivity index (χ1) is 13.7. The van der Waals surface area contributed by atoms with Gasteiger partial charge in [0.05, 0.1) is 24.3 Å². The topological polar surface area (TPSA) is 67.2 Å². The van der Waals surface area contributed by atoms with Gasteiger partial charge >= 0.3 is 0 Å². The smallest absolute Gasteiger partial charge is 0.269 e. The Labute approximate surface area is 165 Å². The summed E-state index contributed by atoms with van der Waals surface area (Å²) < 4.78 is 1.48. The zero-order valence-electron chi connectivity index (χ0n) is 16.2. The number of nitrogens with zero attached hydrogens (tertiary/aromatic N) is 3. The number of amides is 1. The molecule has 2 heterocycles. The molecule has 0 unspecified atom stereocenters. The van der Waals surface area contributed by atoms with E-state index in [1.165, 1.54) is 17.5 Å². The molecule has 0 bridgehead atoms. The summed E-state index contributed by atoms with van der Waals surface area (Å²) in [6.45, 7) is 1.98. The molecule has 4 rings (SSSR count). The van der Waals surface area contributed by atoms with Crippen LogP contribution in [0.3, 0.4) is 0 Å². The van der Waals surface area contributed by atoms with Gasteiger partial charge in [0.15, 0.2) is 0 Å². The van der Waals surface area contributed by atoms with Crippen molar-refractivity contribution >= 4 is 11.6 Å². The van der Waals surface area contributed by atoms with Crippen molar-refractivity contribution < 1.29 is 4.79 Å². The van der Waals surface area contributed by atoms with Gasteiger partial charge in [0.25, 0.3) is 5.56 Å². The Morgan fingerprint density at radius 1 is 1.11 bits per heavy atom. The summed E-state index contributed by atoms with van der Waals surface area (Å²) in [4.78, 5) is 27.3. The number of carbonyl (C=O) groups is 1. The van der Waals surface area contributed by atoms with Gasteiger partial charge in [-0.05, 0) is 31.2 Å². The lowest BCUT2D eigenvalue weighted by Gasteiger charge is -2.34. The number of hydrogen-bond donors (Lipinski definition) is 1. The largest absolute Gasteiger partial charge is 0.369 e. The zero-order chi connectivity index (χ0) is 19.3. The zero-order valence-corrected chi connectivity index (χ0v) is 16.2. The lowest BCUT2D eigenvalue weighted by atomic mass is 9.96. The molecule has 6 nitrogen and oxygen atoms in total. The quantitative estimate of drug-likeness (QED) is 0.866. The highest BCUT2D eigenvalue weighted by atomic mass is 16.2. The Morgan fingerprint density at radius 3 is 2.64 bits per heavy atom. The summed E-state index contributed by atoms with van der Waals surface area (Å²) >= 11 is 0. The van der Waals surface area contributed by atoms with Crippen molar-refractivity contribution in [2.45, 2.75) is 51.1 Å². The van der Waals surface area contributed by atoms with E-state index in [0.29, 0.717) is 19.1 Å². The van der Waals surface area contributed by atoms with Crippen LogP contribution >= 0.6 is 0 Å². The third kappa shape index (κ3) is 4.43. The highest BCUT2D eigenvalue weighted by Gasteiger charge is 2.28. The van der Waals surface area contributed by atoms with E-state index in [0.717, 1.165) is 43.5 Å². The van der Waals surface area contributed by atoms with Gasteiger partial charge in [-0.1, -0.05) is 43.2 Å². The maximum Gasteiger partial charge on any atom is 0.269 e. The Hall–Kier alpha value is -2.63. The van der Waals surface area contributed by atoms with Crippen LogP contribution in [0.15, 0.2) is 47.4 Å². The molecule has 1 saturated heterocycles. The summed E-state index contributed by atoms with van der Waals surface area (Å²) in [5, 5.41) is 7.59. The fourth-order valence-corrected chi connectivity index (χ4v) is 4.29. The van der Waals surface area contributed by atoms with Crippen LogP contribution in [0.5, 0.6) is 0 Å². The fourth-order valence-electron chi connectivity index (χ4n) is 4.29. The molecular formula is C22H28N4O2. The maximum absolute atomic E-state index is 12.6. The molecule has 2 aromatic rings. The van der Waals surface area contributed by atoms with Crippen LogP contribution in [0, 0.1) is 5.92 Å². The average Bonchev–Trinajstić information content (AvgIpc) is 3.23. The minimum absolute atomic E-state index is 0.0129. The fraction of sp³-hybridized carbons (Fsp3) is 0.500. The van der Waals surface area contributed by atoms with Crippen LogP contribution in [0.4, 0.5) is 5.69 Å². The lowest BCUT2D eigenvalue weighted by Crippen LogP contribution is -2.45. The number of aromatic nitrogens is 2. The summed E-state index contributed by atoms with van der Waals surface area (Å²) in [6, 6.07) is 11.8. The number of nitrogens with one attached hydrogen (secondary N) is 1. The molecule has 1 saturated carbocycles. The monoisotopic (exact) mass is 380 g/mol. The first-order valence-electron chi connectivity index (χ1n) is 10.4. The van der Waals surface area contributed by atoms with E-state index in [2.05, 4.69) is 15.3 Å². The second-order valence-corrected chi connectivity index (χ2v) is 7.97. The van der Waals surface area contributed by atoms with Crippen LogP contribution in [-0.2, 0) is 11.3 Å². The second-order valence-electron chi connectivity index (χ2n) is 7.97. The lowest BCUT2D eigenvalue weighted by molar-refractivity contribution is -0.125. The van der Waals surface area contributed by atoms with E-state index in [9.17, 15) is 9.59 Å². The first kappa shape index (κ1) is 18.7. The van der Waals surface area contributed by atoms with Crippen molar-refractivity contribution in [1.82, 2.24) is 15.1 Å². The molecule has 0 spiro atoms. The van der Waals surface area contributed by atoms with E-state index >= 15 is 0 Å². The molecule has 148 valence electrons. The van der Waals surface area contributed by atoms with Gasteiger partial charge < -0.3 is 10.2 Å². The van der Waals surface area contributed by atoms with Crippen LogP contribution in [0.2, 0.25) is 0 Å². The summed E-state index contributed by atoms with van der Waals surface area (Å²) in [5.41, 5.74) is 1.75. The standard InChI is InChI=1S/C22H28N4O2/c27-21-13-20(14-23-26(21)15-17-7-2-1-3-8-17)25-12-6-9-18(16-25)22(28)24-19-10-4-5-11-19/h1-3,7-8,13-14,18-19H,4-6,9-12,15-16H2,(H,24,28)/t18-/m1/s1. The number of anilines is 1. The van der Waals surface area contributed by atoms with Gasteiger partial charge in [-0.25, -0.2) is 4.68 Å². The highest BCUT2D eigenvalue weighted by molar-refractivity contribution is 5.80. The highest BCUT2D eigenvalue weighted by Crippen LogP contribution is 2.23. The van der Waals surface area contributed by atoms with Gasteiger partial charge in [0.1, 0.15) is 0 Å². The molecule has 1 aromatic carbocycles. The summed E-state index contributed by atoms with van der Waals surface area (Å²) in [5.74, 6) is 0.156. The van der Waals surface area contributed by atoms with E-state index in [4.69, 9.17) is 0 Å². The molecule has 1 aliphatic heterocycles. The first-order valence-corrected chi connectivity index (χ1v) is 10.4. The summed E-state index contributed by atoms with van der Waals surface area (Å²) in [7, 11) is 0. The van der Waals surface area contributed by atoms with Crippen LogP contribution in [0.1, 0.15) is 44.1 Å². The normalized spacial score (nSPS) is 20.3. The number of benzene rings is 1. The van der Waals surface area contributed by atoms with Crippen molar-refractivity contribution in [2.24, 2.45) is 5.92 Å². The molecule has 1 aromatic heterocycles. The van der Waals surface area contributed by atoms with Crippen LogP contribution in [0.25, 0.3) is 0 Å². The second kappa shape index (κ2) is 8.59. The molecule has 2 fully saturated rings. The van der Waals surface area contributed by atoms with Gasteiger partial charge in [-0.2, -0.15) is 5.10 Å². The Bertz CT molecular complexity index is 858. The Morgan fingerprint density at radius 2 is 1.89 bits per heavy atom. The summed E-state index contributed by atoms with van der Waals surface area (Å²) in [6.07, 6.45) is 8.25. The number of carbonyl (C=O) groups excluding carboxylic acids is 1. The maximum atomic E-state index is 12.6. The number of piperidine rings is 1. The molecule has 6 heteroatoms. The molecule has 1 N–H and O–H groups in total. The minimum Gasteiger partial charge on any atom is -0.369 e.